The van der Waals surface area contributed by atoms with Gasteiger partial charge in [0.25, 0.3) is 0 Å². The van der Waals surface area contributed by atoms with Crippen molar-refractivity contribution in [1.29, 1.82) is 0 Å². The molecule has 1 aromatic carbocycles. The van der Waals surface area contributed by atoms with E-state index in [1.807, 2.05) is 0 Å². The van der Waals surface area contributed by atoms with Crippen molar-refractivity contribution in [2.24, 2.45) is 5.92 Å². The Morgan fingerprint density at radius 3 is 2.60 bits per heavy atom. The standard InChI is InChI=1S/C14H17FN2O3/c1-9-12(13(18)19)6-7-17(9)14(20)16-8-10-2-4-11(15)5-3-10/h2-5,9,12H,6-8H2,1H3,(H,16,20)(H,18,19). The smallest absolute Gasteiger partial charge is 0.317 e. The number of rotatable bonds is 3. The van der Waals surface area contributed by atoms with E-state index in [1.54, 1.807) is 19.1 Å². The SMILES string of the molecule is CC1C(C(=O)O)CCN1C(=O)NCc1ccc(F)cc1. The van der Waals surface area contributed by atoms with Crippen LogP contribution in [-0.2, 0) is 11.3 Å². The van der Waals surface area contributed by atoms with Crippen LogP contribution in [-0.4, -0.2) is 34.6 Å². The highest BCUT2D eigenvalue weighted by atomic mass is 19.1. The van der Waals surface area contributed by atoms with Crippen LogP contribution in [0.5, 0.6) is 0 Å². The first-order valence-corrected chi connectivity index (χ1v) is 6.50. The first kappa shape index (κ1) is 14.3. The second kappa shape index (κ2) is 5.90. The van der Waals surface area contributed by atoms with Gasteiger partial charge in [-0.15, -0.1) is 0 Å². The molecule has 20 heavy (non-hydrogen) atoms. The first-order valence-electron chi connectivity index (χ1n) is 6.50. The Kier molecular flexibility index (Phi) is 4.22. The molecule has 1 aliphatic rings. The summed E-state index contributed by atoms with van der Waals surface area (Å²) in [5, 5.41) is 11.7. The number of urea groups is 1. The average Bonchev–Trinajstić information content (AvgIpc) is 2.80. The van der Waals surface area contributed by atoms with Crippen LogP contribution in [0.3, 0.4) is 0 Å². The fraction of sp³-hybridized carbons (Fsp3) is 0.429. The van der Waals surface area contributed by atoms with Crippen molar-refractivity contribution in [3.63, 3.8) is 0 Å². The predicted octanol–water partition coefficient (Wildman–Crippen LogP) is 1.83. The Labute approximate surface area is 116 Å². The van der Waals surface area contributed by atoms with Crippen molar-refractivity contribution >= 4 is 12.0 Å². The van der Waals surface area contributed by atoms with Gasteiger partial charge in [-0.2, -0.15) is 0 Å². The van der Waals surface area contributed by atoms with Crippen molar-refractivity contribution in [3.05, 3.63) is 35.6 Å². The zero-order valence-corrected chi connectivity index (χ0v) is 11.2. The number of carboxylic acids is 1. The molecule has 1 saturated heterocycles. The third-order valence-electron chi connectivity index (χ3n) is 3.69. The molecular formula is C14H17FN2O3. The van der Waals surface area contributed by atoms with E-state index >= 15 is 0 Å². The Balaban J connectivity index is 1.89. The topological polar surface area (TPSA) is 69.6 Å². The van der Waals surface area contributed by atoms with Gasteiger partial charge < -0.3 is 15.3 Å². The third-order valence-corrected chi connectivity index (χ3v) is 3.69. The van der Waals surface area contributed by atoms with Crippen molar-refractivity contribution in [2.75, 3.05) is 6.54 Å². The van der Waals surface area contributed by atoms with Gasteiger partial charge in [0.1, 0.15) is 5.82 Å². The Bertz CT molecular complexity index is 504. The summed E-state index contributed by atoms with van der Waals surface area (Å²) < 4.78 is 12.7. The monoisotopic (exact) mass is 280 g/mol. The van der Waals surface area contributed by atoms with E-state index in [1.165, 1.54) is 17.0 Å². The fourth-order valence-corrected chi connectivity index (χ4v) is 2.44. The molecule has 0 spiro atoms. The number of carbonyl (C=O) groups excluding carboxylic acids is 1. The molecule has 1 aliphatic heterocycles. The molecule has 1 aromatic rings. The largest absolute Gasteiger partial charge is 0.481 e. The molecule has 5 nitrogen and oxygen atoms in total. The van der Waals surface area contributed by atoms with Gasteiger partial charge in [-0.25, -0.2) is 9.18 Å². The van der Waals surface area contributed by atoms with Gasteiger partial charge in [-0.05, 0) is 31.0 Å². The summed E-state index contributed by atoms with van der Waals surface area (Å²) in [6, 6.07) is 5.26. The highest BCUT2D eigenvalue weighted by molar-refractivity contribution is 5.78. The molecule has 0 aromatic heterocycles. The number of nitrogens with one attached hydrogen (secondary N) is 1. The lowest BCUT2D eigenvalue weighted by atomic mass is 10.0. The van der Waals surface area contributed by atoms with Crippen LogP contribution in [0, 0.1) is 11.7 Å². The molecule has 2 N–H and O–H groups in total. The van der Waals surface area contributed by atoms with Gasteiger partial charge in [0.05, 0.1) is 5.92 Å². The molecular weight excluding hydrogens is 263 g/mol. The summed E-state index contributed by atoms with van der Waals surface area (Å²) in [6.07, 6.45) is 0.473. The predicted molar refractivity (Wildman–Crippen MR) is 70.5 cm³/mol. The van der Waals surface area contributed by atoms with Gasteiger partial charge in [-0.3, -0.25) is 4.79 Å². The van der Waals surface area contributed by atoms with Crippen molar-refractivity contribution in [1.82, 2.24) is 10.2 Å². The zero-order chi connectivity index (χ0) is 14.7. The molecule has 2 atom stereocenters. The molecule has 2 rings (SSSR count). The van der Waals surface area contributed by atoms with E-state index in [2.05, 4.69) is 5.32 Å². The second-order valence-corrected chi connectivity index (χ2v) is 4.95. The maximum Gasteiger partial charge on any atom is 0.317 e. The Morgan fingerprint density at radius 1 is 1.40 bits per heavy atom. The van der Waals surface area contributed by atoms with Crippen molar-refractivity contribution in [2.45, 2.75) is 25.9 Å². The summed E-state index contributed by atoms with van der Waals surface area (Å²) in [6.45, 7) is 2.47. The highest BCUT2D eigenvalue weighted by Gasteiger charge is 2.37. The number of nitrogens with zero attached hydrogens (tertiary/aromatic N) is 1. The summed E-state index contributed by atoms with van der Waals surface area (Å²) >= 11 is 0. The number of hydrogen-bond donors (Lipinski definition) is 2. The number of carboxylic acid groups (broad SMARTS) is 1. The van der Waals surface area contributed by atoms with E-state index in [9.17, 15) is 14.0 Å². The molecule has 0 radical (unpaired) electrons. The van der Waals surface area contributed by atoms with Gasteiger partial charge in [-0.1, -0.05) is 12.1 Å². The summed E-state index contributed by atoms with van der Waals surface area (Å²) in [5.74, 6) is -1.70. The molecule has 2 amide bonds. The van der Waals surface area contributed by atoms with Crippen LogP contribution in [0.1, 0.15) is 18.9 Å². The molecule has 2 unspecified atom stereocenters. The number of likely N-dealkylation sites (tertiary alicyclic amines) is 1. The van der Waals surface area contributed by atoms with E-state index in [0.29, 0.717) is 19.5 Å². The number of carbonyl (C=O) groups is 2. The lowest BCUT2D eigenvalue weighted by molar-refractivity contribution is -0.142. The number of hydrogen-bond acceptors (Lipinski definition) is 2. The molecule has 1 heterocycles. The Morgan fingerprint density at radius 2 is 2.05 bits per heavy atom. The Hall–Kier alpha value is -2.11. The van der Waals surface area contributed by atoms with Crippen LogP contribution >= 0.6 is 0 Å². The minimum Gasteiger partial charge on any atom is -0.481 e. The second-order valence-electron chi connectivity index (χ2n) is 4.95. The highest BCUT2D eigenvalue weighted by Crippen LogP contribution is 2.24. The van der Waals surface area contributed by atoms with E-state index in [4.69, 9.17) is 5.11 Å². The maximum absolute atomic E-state index is 12.7. The van der Waals surface area contributed by atoms with Gasteiger partial charge in [0, 0.05) is 19.1 Å². The zero-order valence-electron chi connectivity index (χ0n) is 11.2. The minimum atomic E-state index is -0.869. The third kappa shape index (κ3) is 3.07. The number of aliphatic carboxylic acids is 1. The number of benzene rings is 1. The minimum absolute atomic E-state index is 0.287. The molecule has 0 saturated carbocycles. The number of halogens is 1. The quantitative estimate of drug-likeness (QED) is 0.887. The van der Waals surface area contributed by atoms with E-state index < -0.39 is 11.9 Å². The normalized spacial score (nSPS) is 21.8. The van der Waals surface area contributed by atoms with Crippen molar-refractivity contribution in [3.8, 4) is 0 Å². The number of amides is 2. The van der Waals surface area contributed by atoms with Crippen LogP contribution in [0.2, 0.25) is 0 Å². The fourth-order valence-electron chi connectivity index (χ4n) is 2.44. The van der Waals surface area contributed by atoms with Crippen LogP contribution in [0.25, 0.3) is 0 Å². The van der Waals surface area contributed by atoms with Crippen LogP contribution < -0.4 is 5.32 Å². The van der Waals surface area contributed by atoms with Crippen molar-refractivity contribution < 1.29 is 19.1 Å². The summed E-state index contributed by atoms with van der Waals surface area (Å²) in [4.78, 5) is 24.5. The maximum atomic E-state index is 12.7. The molecule has 0 bridgehead atoms. The summed E-state index contributed by atoms with van der Waals surface area (Å²) in [7, 11) is 0. The lowest BCUT2D eigenvalue weighted by Crippen LogP contribution is -2.43. The van der Waals surface area contributed by atoms with Gasteiger partial charge in [0.2, 0.25) is 0 Å². The summed E-state index contributed by atoms with van der Waals surface area (Å²) in [5.41, 5.74) is 0.793. The van der Waals surface area contributed by atoms with Crippen LogP contribution in [0.15, 0.2) is 24.3 Å². The molecule has 1 fully saturated rings. The lowest BCUT2D eigenvalue weighted by Gasteiger charge is -2.23. The molecule has 6 heteroatoms. The van der Waals surface area contributed by atoms with Crippen LogP contribution in [0.4, 0.5) is 9.18 Å². The molecule has 108 valence electrons. The van der Waals surface area contributed by atoms with E-state index in [-0.39, 0.29) is 17.9 Å². The van der Waals surface area contributed by atoms with Gasteiger partial charge >= 0.3 is 12.0 Å². The first-order chi connectivity index (χ1) is 9.49. The van der Waals surface area contributed by atoms with E-state index in [0.717, 1.165) is 5.56 Å². The van der Waals surface area contributed by atoms with Gasteiger partial charge in [0.15, 0.2) is 0 Å². The average molecular weight is 280 g/mol. The molecule has 0 aliphatic carbocycles.